The van der Waals surface area contributed by atoms with E-state index in [0.29, 0.717) is 11.8 Å². The van der Waals surface area contributed by atoms with Crippen molar-refractivity contribution in [3.8, 4) is 22.4 Å². The Labute approximate surface area is 168 Å². The Morgan fingerprint density at radius 1 is 1.00 bits per heavy atom. The van der Waals surface area contributed by atoms with Crippen LogP contribution in [-0.2, 0) is 0 Å². The number of hydrogen-bond acceptors (Lipinski definition) is 7. The Hall–Kier alpha value is -2.64. The van der Waals surface area contributed by atoms with Gasteiger partial charge in [-0.15, -0.1) is 0 Å². The molecule has 7 heteroatoms. The standard InChI is InChI=1S/C21H23N3O3S/c1-2-20(16-22-9-1)26-19-7-11-24(12-8-19)13-14-25-17-3-5-18(6-4-17)27-21-23-10-15-28-21/h1-6,9-10,15-16,19H,7-8,11-14H2. The van der Waals surface area contributed by atoms with E-state index >= 15 is 0 Å². The average molecular weight is 398 g/mol. The zero-order chi connectivity index (χ0) is 19.0. The fraction of sp³-hybridized carbons (Fsp3) is 0.333. The van der Waals surface area contributed by atoms with Gasteiger partial charge in [0.1, 0.15) is 30.0 Å². The minimum Gasteiger partial charge on any atom is -0.492 e. The van der Waals surface area contributed by atoms with Crippen molar-refractivity contribution in [3.05, 3.63) is 60.4 Å². The number of piperidine rings is 1. The third-order valence-electron chi connectivity index (χ3n) is 4.59. The molecule has 4 rings (SSSR count). The molecular weight excluding hydrogens is 374 g/mol. The highest BCUT2D eigenvalue weighted by atomic mass is 32.1. The summed E-state index contributed by atoms with van der Waals surface area (Å²) in [5.74, 6) is 2.46. The number of ether oxygens (including phenoxy) is 3. The molecule has 1 aromatic carbocycles. The van der Waals surface area contributed by atoms with Crippen LogP contribution in [0.15, 0.2) is 60.4 Å². The maximum absolute atomic E-state index is 5.99. The highest BCUT2D eigenvalue weighted by molar-refractivity contribution is 7.11. The molecule has 0 aliphatic carbocycles. The molecule has 1 aliphatic rings. The summed E-state index contributed by atoms with van der Waals surface area (Å²) in [6.45, 7) is 3.63. The molecule has 0 N–H and O–H groups in total. The van der Waals surface area contributed by atoms with Crippen molar-refractivity contribution in [2.24, 2.45) is 0 Å². The van der Waals surface area contributed by atoms with Crippen LogP contribution in [0.3, 0.4) is 0 Å². The van der Waals surface area contributed by atoms with Crippen molar-refractivity contribution in [2.45, 2.75) is 18.9 Å². The monoisotopic (exact) mass is 397 g/mol. The van der Waals surface area contributed by atoms with Crippen molar-refractivity contribution in [3.63, 3.8) is 0 Å². The van der Waals surface area contributed by atoms with Crippen LogP contribution >= 0.6 is 11.3 Å². The largest absolute Gasteiger partial charge is 0.492 e. The summed E-state index contributed by atoms with van der Waals surface area (Å²) in [6, 6.07) is 11.5. The van der Waals surface area contributed by atoms with E-state index in [0.717, 1.165) is 49.7 Å². The van der Waals surface area contributed by atoms with Crippen LogP contribution in [0.4, 0.5) is 0 Å². The fourth-order valence-electron chi connectivity index (χ4n) is 3.12. The molecule has 3 aromatic rings. The highest BCUT2D eigenvalue weighted by Crippen LogP contribution is 2.25. The first-order valence-electron chi connectivity index (χ1n) is 9.44. The molecule has 0 spiro atoms. The van der Waals surface area contributed by atoms with Crippen molar-refractivity contribution in [1.29, 1.82) is 0 Å². The van der Waals surface area contributed by atoms with Gasteiger partial charge < -0.3 is 14.2 Å². The second-order valence-electron chi connectivity index (χ2n) is 6.57. The van der Waals surface area contributed by atoms with Gasteiger partial charge in [-0.3, -0.25) is 9.88 Å². The molecule has 1 fully saturated rings. The van der Waals surface area contributed by atoms with Crippen LogP contribution in [-0.4, -0.2) is 47.2 Å². The van der Waals surface area contributed by atoms with Gasteiger partial charge in [-0.25, -0.2) is 4.98 Å². The smallest absolute Gasteiger partial charge is 0.278 e. The second-order valence-corrected chi connectivity index (χ2v) is 7.42. The first-order chi connectivity index (χ1) is 13.8. The van der Waals surface area contributed by atoms with E-state index in [1.54, 1.807) is 18.6 Å². The van der Waals surface area contributed by atoms with E-state index in [2.05, 4.69) is 14.9 Å². The van der Waals surface area contributed by atoms with E-state index < -0.39 is 0 Å². The van der Waals surface area contributed by atoms with Gasteiger partial charge in [0.2, 0.25) is 0 Å². The molecule has 0 atom stereocenters. The summed E-state index contributed by atoms with van der Waals surface area (Å²) >= 11 is 1.47. The topological polar surface area (TPSA) is 56.7 Å². The molecule has 3 heterocycles. The molecule has 0 unspecified atom stereocenters. The Kier molecular flexibility index (Phi) is 6.36. The van der Waals surface area contributed by atoms with Crippen LogP contribution in [0.1, 0.15) is 12.8 Å². The van der Waals surface area contributed by atoms with Crippen molar-refractivity contribution in [2.75, 3.05) is 26.2 Å². The number of likely N-dealkylation sites (tertiary alicyclic amines) is 1. The average Bonchev–Trinajstić information content (AvgIpc) is 3.25. The molecule has 28 heavy (non-hydrogen) atoms. The lowest BCUT2D eigenvalue weighted by Gasteiger charge is -2.31. The molecular formula is C21H23N3O3S. The maximum atomic E-state index is 5.99. The first kappa shape index (κ1) is 18.7. The van der Waals surface area contributed by atoms with Crippen molar-refractivity contribution >= 4 is 11.3 Å². The molecule has 0 bridgehead atoms. The van der Waals surface area contributed by atoms with Crippen LogP contribution in [0.5, 0.6) is 22.4 Å². The third kappa shape index (κ3) is 5.43. The predicted molar refractivity (Wildman–Crippen MR) is 108 cm³/mol. The number of nitrogens with zero attached hydrogens (tertiary/aromatic N) is 3. The maximum Gasteiger partial charge on any atom is 0.278 e. The molecule has 2 aromatic heterocycles. The minimum atomic E-state index is 0.270. The summed E-state index contributed by atoms with van der Waals surface area (Å²) in [6.07, 6.45) is 7.58. The van der Waals surface area contributed by atoms with Gasteiger partial charge in [-0.05, 0) is 49.2 Å². The van der Waals surface area contributed by atoms with Crippen LogP contribution in [0, 0.1) is 0 Å². The fourth-order valence-corrected chi connectivity index (χ4v) is 3.62. The number of aromatic nitrogens is 2. The number of thiazole rings is 1. The quantitative estimate of drug-likeness (QED) is 0.566. The van der Waals surface area contributed by atoms with Crippen molar-refractivity contribution in [1.82, 2.24) is 14.9 Å². The van der Waals surface area contributed by atoms with Gasteiger partial charge in [-0.2, -0.15) is 0 Å². The summed E-state index contributed by atoms with van der Waals surface area (Å²) in [7, 11) is 0. The Morgan fingerprint density at radius 3 is 2.54 bits per heavy atom. The van der Waals surface area contributed by atoms with Crippen LogP contribution < -0.4 is 14.2 Å². The molecule has 0 amide bonds. The number of pyridine rings is 1. The number of benzene rings is 1. The minimum absolute atomic E-state index is 0.270. The highest BCUT2D eigenvalue weighted by Gasteiger charge is 2.20. The molecule has 1 aliphatic heterocycles. The van der Waals surface area contributed by atoms with Gasteiger partial charge in [-0.1, -0.05) is 11.3 Å². The summed E-state index contributed by atoms with van der Waals surface area (Å²) < 4.78 is 17.5. The molecule has 0 radical (unpaired) electrons. The summed E-state index contributed by atoms with van der Waals surface area (Å²) in [5, 5.41) is 2.53. The van der Waals surface area contributed by atoms with E-state index in [1.807, 2.05) is 41.8 Å². The second kappa shape index (κ2) is 9.52. The molecule has 6 nitrogen and oxygen atoms in total. The Bertz CT molecular complexity index is 820. The van der Waals surface area contributed by atoms with Crippen LogP contribution in [0.2, 0.25) is 0 Å². The van der Waals surface area contributed by atoms with E-state index in [1.165, 1.54) is 11.3 Å². The molecule has 146 valence electrons. The predicted octanol–water partition coefficient (Wildman–Crippen LogP) is 4.25. The van der Waals surface area contributed by atoms with Gasteiger partial charge in [0.15, 0.2) is 0 Å². The van der Waals surface area contributed by atoms with Crippen molar-refractivity contribution < 1.29 is 14.2 Å². The van der Waals surface area contributed by atoms with Gasteiger partial charge in [0.25, 0.3) is 5.19 Å². The molecule has 1 saturated heterocycles. The Balaban J connectivity index is 1.15. The normalized spacial score (nSPS) is 15.3. The zero-order valence-electron chi connectivity index (χ0n) is 15.6. The Morgan fingerprint density at radius 2 is 1.82 bits per heavy atom. The number of hydrogen-bond donors (Lipinski definition) is 0. The zero-order valence-corrected chi connectivity index (χ0v) is 16.4. The van der Waals surface area contributed by atoms with Crippen LogP contribution in [0.25, 0.3) is 0 Å². The van der Waals surface area contributed by atoms with E-state index in [9.17, 15) is 0 Å². The summed E-state index contributed by atoms with van der Waals surface area (Å²) in [4.78, 5) is 10.6. The van der Waals surface area contributed by atoms with E-state index in [4.69, 9.17) is 14.2 Å². The van der Waals surface area contributed by atoms with Gasteiger partial charge >= 0.3 is 0 Å². The van der Waals surface area contributed by atoms with Gasteiger partial charge in [0.05, 0.1) is 6.20 Å². The summed E-state index contributed by atoms with van der Waals surface area (Å²) in [5.41, 5.74) is 0. The SMILES string of the molecule is c1cncc(OC2CCN(CCOc3ccc(Oc4nccs4)cc3)CC2)c1. The first-order valence-corrected chi connectivity index (χ1v) is 10.3. The third-order valence-corrected chi connectivity index (χ3v) is 5.23. The lowest BCUT2D eigenvalue weighted by atomic mass is 10.1. The lowest BCUT2D eigenvalue weighted by molar-refractivity contribution is 0.0913. The van der Waals surface area contributed by atoms with E-state index in [-0.39, 0.29) is 6.10 Å². The molecule has 0 saturated carbocycles. The van der Waals surface area contributed by atoms with Gasteiger partial charge in [0, 0.05) is 37.4 Å². The number of rotatable bonds is 8. The lowest BCUT2D eigenvalue weighted by Crippen LogP contribution is -2.40.